The maximum atomic E-state index is 11.6. The summed E-state index contributed by atoms with van der Waals surface area (Å²) in [5.74, 6) is 1.06. The zero-order valence-electron chi connectivity index (χ0n) is 13.9. The maximum Gasteiger partial charge on any atom is 0.243 e. The van der Waals surface area contributed by atoms with E-state index < -0.39 is 0 Å². The maximum absolute atomic E-state index is 11.6. The lowest BCUT2D eigenvalue weighted by Gasteiger charge is -2.24. The number of aliphatic imine (C=N–C) groups is 1. The molecule has 1 amide bonds. The Morgan fingerprint density at radius 3 is 2.64 bits per heavy atom. The van der Waals surface area contributed by atoms with Crippen molar-refractivity contribution in [1.82, 2.24) is 20.1 Å². The highest BCUT2D eigenvalue weighted by Gasteiger charge is 2.14. The second-order valence-corrected chi connectivity index (χ2v) is 6.04. The highest BCUT2D eigenvalue weighted by atomic mass is 127. The molecule has 0 fully saturated rings. The number of amides is 1. The molecule has 1 aromatic heterocycles. The fourth-order valence-electron chi connectivity index (χ4n) is 1.81. The van der Waals surface area contributed by atoms with Crippen molar-refractivity contribution in [3.8, 4) is 0 Å². The first-order valence-corrected chi connectivity index (χ1v) is 7.92. The molecule has 0 saturated heterocycles. The van der Waals surface area contributed by atoms with Crippen LogP contribution in [0.2, 0.25) is 0 Å². The summed E-state index contributed by atoms with van der Waals surface area (Å²) >= 11 is 1.66. The predicted molar refractivity (Wildman–Crippen MR) is 103 cm³/mol. The van der Waals surface area contributed by atoms with Crippen LogP contribution in [-0.4, -0.2) is 67.4 Å². The fraction of sp³-hybridized carbons (Fsp3) is 0.643. The summed E-state index contributed by atoms with van der Waals surface area (Å²) in [7, 11) is 5.45. The molecule has 1 rings (SSSR count). The third-order valence-corrected chi connectivity index (χ3v) is 3.99. The van der Waals surface area contributed by atoms with E-state index in [9.17, 15) is 4.79 Å². The van der Waals surface area contributed by atoms with Crippen molar-refractivity contribution in [2.24, 2.45) is 4.99 Å². The Morgan fingerprint density at radius 1 is 1.45 bits per heavy atom. The molecule has 0 aliphatic carbocycles. The standard InChI is InChI=1S/C14H25N5OS.HI/c1-6-15-14(17-9-12(20)18(3)4)19(5)10-11(2)13-16-7-8-21-13;/h7-8,11H,6,9-10H2,1-5H3,(H,15,17);1H. The Balaban J connectivity index is 0.00000441. The minimum Gasteiger partial charge on any atom is -0.357 e. The smallest absolute Gasteiger partial charge is 0.243 e. The number of nitrogens with one attached hydrogen (secondary N) is 1. The number of carbonyl (C=O) groups is 1. The van der Waals surface area contributed by atoms with Crippen LogP contribution in [0.25, 0.3) is 0 Å². The molecule has 1 atom stereocenters. The Bertz CT molecular complexity index is 464. The normalized spacial score (nSPS) is 12.3. The van der Waals surface area contributed by atoms with Gasteiger partial charge >= 0.3 is 0 Å². The van der Waals surface area contributed by atoms with Crippen LogP contribution < -0.4 is 5.32 Å². The van der Waals surface area contributed by atoms with E-state index in [-0.39, 0.29) is 36.4 Å². The number of hydrogen-bond donors (Lipinski definition) is 1. The van der Waals surface area contributed by atoms with E-state index >= 15 is 0 Å². The molecule has 1 unspecified atom stereocenters. The molecule has 0 aromatic carbocycles. The average Bonchev–Trinajstić information content (AvgIpc) is 2.96. The van der Waals surface area contributed by atoms with Crippen LogP contribution >= 0.6 is 35.3 Å². The van der Waals surface area contributed by atoms with Gasteiger partial charge in [0, 0.05) is 51.7 Å². The van der Waals surface area contributed by atoms with Gasteiger partial charge < -0.3 is 15.1 Å². The van der Waals surface area contributed by atoms with Gasteiger partial charge in [-0.25, -0.2) is 9.98 Å². The monoisotopic (exact) mass is 439 g/mol. The minimum absolute atomic E-state index is 0. The molecular formula is C14H26IN5OS. The first-order valence-electron chi connectivity index (χ1n) is 7.04. The van der Waals surface area contributed by atoms with E-state index in [4.69, 9.17) is 0 Å². The Kier molecular flexibility index (Phi) is 10.3. The summed E-state index contributed by atoms with van der Waals surface area (Å²) < 4.78 is 0. The van der Waals surface area contributed by atoms with Gasteiger partial charge in [-0.15, -0.1) is 35.3 Å². The van der Waals surface area contributed by atoms with E-state index in [0.717, 1.165) is 24.1 Å². The zero-order chi connectivity index (χ0) is 15.8. The van der Waals surface area contributed by atoms with E-state index in [1.807, 2.05) is 30.4 Å². The lowest BCUT2D eigenvalue weighted by atomic mass is 10.2. The second kappa shape index (κ2) is 10.8. The van der Waals surface area contributed by atoms with Gasteiger partial charge in [-0.05, 0) is 6.92 Å². The minimum atomic E-state index is -0.00762. The average molecular weight is 439 g/mol. The summed E-state index contributed by atoms with van der Waals surface area (Å²) in [6.07, 6.45) is 1.82. The Morgan fingerprint density at radius 2 is 2.14 bits per heavy atom. The highest BCUT2D eigenvalue weighted by Crippen LogP contribution is 2.18. The van der Waals surface area contributed by atoms with Crippen molar-refractivity contribution in [2.45, 2.75) is 19.8 Å². The van der Waals surface area contributed by atoms with E-state index in [2.05, 4.69) is 22.2 Å². The molecule has 1 heterocycles. The van der Waals surface area contributed by atoms with Gasteiger partial charge in [0.2, 0.25) is 5.91 Å². The third-order valence-electron chi connectivity index (χ3n) is 2.98. The van der Waals surface area contributed by atoms with E-state index in [1.165, 1.54) is 0 Å². The van der Waals surface area contributed by atoms with Crippen LogP contribution in [0.5, 0.6) is 0 Å². The molecule has 6 nitrogen and oxygen atoms in total. The highest BCUT2D eigenvalue weighted by molar-refractivity contribution is 14.0. The van der Waals surface area contributed by atoms with Gasteiger partial charge in [-0.1, -0.05) is 6.92 Å². The van der Waals surface area contributed by atoms with Gasteiger partial charge in [0.15, 0.2) is 5.96 Å². The number of likely N-dealkylation sites (N-methyl/N-ethyl adjacent to an activating group) is 2. The van der Waals surface area contributed by atoms with Gasteiger partial charge in [-0.2, -0.15) is 0 Å². The van der Waals surface area contributed by atoms with E-state index in [1.54, 1.807) is 30.3 Å². The van der Waals surface area contributed by atoms with Crippen LogP contribution in [0.1, 0.15) is 24.8 Å². The van der Waals surface area contributed by atoms with Crippen molar-refractivity contribution < 1.29 is 4.79 Å². The lowest BCUT2D eigenvalue weighted by Crippen LogP contribution is -2.41. The van der Waals surface area contributed by atoms with Crippen molar-refractivity contribution in [2.75, 3.05) is 40.8 Å². The topological polar surface area (TPSA) is 60.8 Å². The van der Waals surface area contributed by atoms with Crippen molar-refractivity contribution >= 4 is 47.2 Å². The molecule has 1 N–H and O–H groups in total. The molecule has 126 valence electrons. The number of guanidine groups is 1. The zero-order valence-corrected chi connectivity index (χ0v) is 17.0. The Labute approximate surface area is 154 Å². The van der Waals surface area contributed by atoms with Crippen molar-refractivity contribution in [3.63, 3.8) is 0 Å². The molecule has 0 radical (unpaired) electrons. The van der Waals surface area contributed by atoms with Crippen LogP contribution in [0, 0.1) is 0 Å². The molecule has 0 aliphatic heterocycles. The number of aromatic nitrogens is 1. The summed E-state index contributed by atoms with van der Waals surface area (Å²) in [5.41, 5.74) is 0. The predicted octanol–water partition coefficient (Wildman–Crippen LogP) is 1.85. The molecule has 1 aromatic rings. The molecular weight excluding hydrogens is 413 g/mol. The van der Waals surface area contributed by atoms with Gasteiger partial charge in [0.05, 0.1) is 5.01 Å². The van der Waals surface area contributed by atoms with E-state index in [0.29, 0.717) is 5.92 Å². The molecule has 0 aliphatic rings. The number of hydrogen-bond acceptors (Lipinski definition) is 4. The van der Waals surface area contributed by atoms with Crippen LogP contribution in [0.3, 0.4) is 0 Å². The second-order valence-electron chi connectivity index (χ2n) is 5.11. The quantitative estimate of drug-likeness (QED) is 0.418. The third kappa shape index (κ3) is 6.91. The fourth-order valence-corrected chi connectivity index (χ4v) is 2.50. The SMILES string of the molecule is CCNC(=NCC(=O)N(C)C)N(C)CC(C)c1nccs1.I. The summed E-state index contributed by atoms with van der Waals surface area (Å²) in [4.78, 5) is 24.0. The van der Waals surface area contributed by atoms with Crippen LogP contribution in [0.4, 0.5) is 0 Å². The van der Waals surface area contributed by atoms with Gasteiger partial charge in [0.1, 0.15) is 6.54 Å². The number of rotatable bonds is 6. The Hall–Kier alpha value is -0.900. The van der Waals surface area contributed by atoms with Gasteiger partial charge in [-0.3, -0.25) is 4.79 Å². The number of thiazole rings is 1. The largest absolute Gasteiger partial charge is 0.357 e. The number of nitrogens with zero attached hydrogens (tertiary/aromatic N) is 4. The molecule has 8 heteroatoms. The summed E-state index contributed by atoms with van der Waals surface area (Å²) in [6, 6.07) is 0. The summed E-state index contributed by atoms with van der Waals surface area (Å²) in [5, 5.41) is 6.32. The summed E-state index contributed by atoms with van der Waals surface area (Å²) in [6.45, 7) is 5.89. The number of carbonyl (C=O) groups excluding carboxylic acids is 1. The van der Waals surface area contributed by atoms with Crippen LogP contribution in [-0.2, 0) is 4.79 Å². The van der Waals surface area contributed by atoms with Crippen LogP contribution in [0.15, 0.2) is 16.6 Å². The van der Waals surface area contributed by atoms with Crippen molar-refractivity contribution in [3.05, 3.63) is 16.6 Å². The molecule has 0 saturated carbocycles. The first-order chi connectivity index (χ1) is 9.95. The number of halogens is 1. The molecule has 22 heavy (non-hydrogen) atoms. The lowest BCUT2D eigenvalue weighted by molar-refractivity contribution is -0.127. The van der Waals surface area contributed by atoms with Crippen molar-refractivity contribution in [1.29, 1.82) is 0 Å². The first kappa shape index (κ1) is 21.1. The van der Waals surface area contributed by atoms with Gasteiger partial charge in [0.25, 0.3) is 0 Å². The molecule has 0 bridgehead atoms. The molecule has 0 spiro atoms.